The van der Waals surface area contributed by atoms with E-state index in [-0.39, 0.29) is 42.0 Å². The molecule has 4 aliphatic rings. The number of nitrogens with zero attached hydrogens (tertiary/aromatic N) is 1. The summed E-state index contributed by atoms with van der Waals surface area (Å²) in [4.78, 5) is 61.5. The summed E-state index contributed by atoms with van der Waals surface area (Å²) in [6.45, 7) is 0. The molecule has 0 bridgehead atoms. The normalized spacial score (nSPS) is 24.4. The van der Waals surface area contributed by atoms with Crippen LogP contribution >= 0.6 is 0 Å². The molecule has 1 N–H and O–H groups in total. The zero-order chi connectivity index (χ0) is 42.7. The summed E-state index contributed by atoms with van der Waals surface area (Å²) in [5.74, 6) is -3.40. The van der Waals surface area contributed by atoms with Crippen LogP contribution in [-0.2, 0) is 24.6 Å². The van der Waals surface area contributed by atoms with Gasteiger partial charge in [0.1, 0.15) is 17.2 Å². The van der Waals surface area contributed by atoms with E-state index in [1.165, 1.54) is 11.0 Å². The number of amides is 2. The average molecular weight is 818 g/mol. The summed E-state index contributed by atoms with van der Waals surface area (Å²) in [5, 5.41) is 13.7. The number of methoxy groups -OCH3 is 2. The summed E-state index contributed by atoms with van der Waals surface area (Å²) < 4.78 is 10.9. The van der Waals surface area contributed by atoms with Crippen LogP contribution in [0.2, 0.25) is 0 Å². The molecular weight excluding hydrogens is 775 g/mol. The fraction of sp³-hybridized carbons (Fsp3) is 0.185. The number of phenols is 1. The third kappa shape index (κ3) is 5.96. The molecule has 1 saturated heterocycles. The number of ketones is 2. The molecule has 6 atom stereocenters. The first-order chi connectivity index (χ1) is 30.2. The predicted molar refractivity (Wildman–Crippen MR) is 240 cm³/mol. The van der Waals surface area contributed by atoms with Crippen LogP contribution in [0.15, 0.2) is 157 Å². The smallest absolute Gasteiger partial charge is 0.238 e. The second kappa shape index (κ2) is 15.3. The average Bonchev–Trinajstić information content (AvgIpc) is 3.58. The van der Waals surface area contributed by atoms with Crippen molar-refractivity contribution in [1.82, 2.24) is 0 Å². The summed E-state index contributed by atoms with van der Waals surface area (Å²) in [6, 6.07) is 42.8. The number of carbonyl (C=O) groups is 4. The summed E-state index contributed by atoms with van der Waals surface area (Å²) in [5.41, 5.74) is 3.63. The molecular formula is C54H43NO7. The monoisotopic (exact) mass is 817 g/mol. The number of imide groups is 1. The quantitative estimate of drug-likeness (QED) is 0.0926. The Kier molecular flexibility index (Phi) is 9.59. The van der Waals surface area contributed by atoms with E-state index in [0.29, 0.717) is 44.8 Å². The first-order valence-corrected chi connectivity index (χ1v) is 20.9. The molecule has 6 aromatic carbocycles. The highest BCUT2D eigenvalue weighted by molar-refractivity contribution is 6.32. The van der Waals surface area contributed by atoms with E-state index in [2.05, 4.69) is 0 Å². The van der Waals surface area contributed by atoms with E-state index >= 15 is 9.59 Å². The Bertz CT molecular complexity index is 2900. The predicted octanol–water partition coefficient (Wildman–Crippen LogP) is 9.76. The number of aromatic hydroxyl groups is 1. The van der Waals surface area contributed by atoms with Gasteiger partial charge in [-0.15, -0.1) is 0 Å². The minimum atomic E-state index is -1.45. The maximum atomic E-state index is 15.4. The number of rotatable bonds is 8. The molecule has 1 heterocycles. The molecule has 6 aromatic rings. The summed E-state index contributed by atoms with van der Waals surface area (Å²) >= 11 is 0. The summed E-state index contributed by atoms with van der Waals surface area (Å²) in [6.07, 6.45) is 7.81. The van der Waals surface area contributed by atoms with Crippen molar-refractivity contribution in [2.24, 2.45) is 23.7 Å². The van der Waals surface area contributed by atoms with Crippen molar-refractivity contribution in [2.45, 2.75) is 24.2 Å². The van der Waals surface area contributed by atoms with Gasteiger partial charge in [0, 0.05) is 33.9 Å². The van der Waals surface area contributed by atoms with Crippen molar-refractivity contribution in [2.75, 3.05) is 19.1 Å². The van der Waals surface area contributed by atoms with Gasteiger partial charge in [-0.25, -0.2) is 0 Å². The van der Waals surface area contributed by atoms with Gasteiger partial charge in [0.15, 0.2) is 11.6 Å². The number of phenolic OH excluding ortho intramolecular Hbond substituents is 1. The van der Waals surface area contributed by atoms with E-state index in [1.54, 1.807) is 26.4 Å². The van der Waals surface area contributed by atoms with Crippen molar-refractivity contribution < 1.29 is 33.8 Å². The van der Waals surface area contributed by atoms with Crippen molar-refractivity contribution in [3.8, 4) is 17.2 Å². The molecule has 8 heteroatoms. The fourth-order valence-electron chi connectivity index (χ4n) is 10.9. The number of anilines is 1. The zero-order valence-electron chi connectivity index (χ0n) is 34.2. The Morgan fingerprint density at radius 3 is 2.19 bits per heavy atom. The highest BCUT2D eigenvalue weighted by Gasteiger charge is 2.66. The Morgan fingerprint density at radius 1 is 0.726 bits per heavy atom. The topological polar surface area (TPSA) is 110 Å². The Hall–Kier alpha value is -7.32. The fourth-order valence-corrected chi connectivity index (χ4v) is 10.9. The van der Waals surface area contributed by atoms with Crippen LogP contribution in [0.4, 0.5) is 5.69 Å². The molecule has 1 saturated carbocycles. The summed E-state index contributed by atoms with van der Waals surface area (Å²) in [7, 11) is 3.22. The van der Waals surface area contributed by atoms with Gasteiger partial charge in [-0.1, -0.05) is 133 Å². The van der Waals surface area contributed by atoms with Gasteiger partial charge in [0.25, 0.3) is 0 Å². The lowest BCUT2D eigenvalue weighted by Gasteiger charge is -2.55. The molecule has 2 fully saturated rings. The van der Waals surface area contributed by atoms with Gasteiger partial charge in [-0.3, -0.25) is 24.1 Å². The number of allylic oxidation sites excluding steroid dienone is 4. The Morgan fingerprint density at radius 2 is 1.45 bits per heavy atom. The number of fused-ring (bicyclic) bond motifs is 5. The number of hydrogen-bond acceptors (Lipinski definition) is 7. The second-order valence-electron chi connectivity index (χ2n) is 16.6. The Balaban J connectivity index is 1.08. The van der Waals surface area contributed by atoms with Gasteiger partial charge >= 0.3 is 0 Å². The molecule has 6 unspecified atom stereocenters. The van der Waals surface area contributed by atoms with Crippen LogP contribution in [-0.4, -0.2) is 42.7 Å². The van der Waals surface area contributed by atoms with Gasteiger partial charge in [0.2, 0.25) is 11.8 Å². The third-order valence-electron chi connectivity index (χ3n) is 13.7. The molecule has 10 rings (SSSR count). The van der Waals surface area contributed by atoms with Crippen LogP contribution in [0.5, 0.6) is 17.2 Å². The molecule has 62 heavy (non-hydrogen) atoms. The van der Waals surface area contributed by atoms with Crippen molar-refractivity contribution >= 4 is 57.6 Å². The Labute approximate surface area is 359 Å². The number of carbonyl (C=O) groups excluding carboxylic acids is 4. The number of hydrogen-bond donors (Lipinski definition) is 1. The van der Waals surface area contributed by atoms with Gasteiger partial charge in [0.05, 0.1) is 37.2 Å². The highest BCUT2D eigenvalue weighted by atomic mass is 16.5. The first kappa shape index (κ1) is 38.9. The van der Waals surface area contributed by atoms with Crippen LogP contribution in [0.25, 0.3) is 28.5 Å². The lowest BCUT2D eigenvalue weighted by atomic mass is 9.44. The number of ether oxygens (including phenoxy) is 2. The SMILES string of the molecule is COc1ccc(OC)c(C=Cc2ccc(N3C(=O)C4CC=C5C(CC6C(=O)C(c7ccccc7)=CC(=O)C6(c6ccccc6)C5c5ccc6ccccc6c5O)C4C3=O)cc2)c1. The van der Waals surface area contributed by atoms with Crippen LogP contribution in [0.3, 0.4) is 0 Å². The molecule has 0 radical (unpaired) electrons. The van der Waals surface area contributed by atoms with Crippen LogP contribution in [0, 0.1) is 23.7 Å². The molecule has 0 spiro atoms. The molecule has 2 amide bonds. The second-order valence-corrected chi connectivity index (χ2v) is 16.6. The minimum Gasteiger partial charge on any atom is -0.507 e. The molecule has 1 aliphatic heterocycles. The maximum absolute atomic E-state index is 15.4. The lowest BCUT2D eigenvalue weighted by molar-refractivity contribution is -0.135. The van der Waals surface area contributed by atoms with E-state index in [1.807, 2.05) is 146 Å². The standard InChI is InChI=1S/C54H43NO7/c1-61-38-24-28-46(62-2)35(29-38)20-17-32-18-22-37(23-19-32)55-52(59)41-27-26-40-44(48(41)53(55)60)30-45-51(58)43(33-11-5-3-6-12-33)31-47(56)54(45,36-14-7-4-8-15-36)49(40)42-25-21-34-13-9-10-16-39(34)50(42)57/h3-26,28-29,31,41,44-45,48-49,57H,27,30H2,1-2H3. The lowest BCUT2D eigenvalue weighted by Crippen LogP contribution is -2.58. The third-order valence-corrected chi connectivity index (χ3v) is 13.7. The molecule has 0 aromatic heterocycles. The molecule has 3 aliphatic carbocycles. The largest absolute Gasteiger partial charge is 0.507 e. The van der Waals surface area contributed by atoms with E-state index < -0.39 is 35.0 Å². The zero-order valence-corrected chi connectivity index (χ0v) is 34.2. The minimum absolute atomic E-state index is 0.0263. The van der Waals surface area contributed by atoms with E-state index in [4.69, 9.17) is 9.47 Å². The van der Waals surface area contributed by atoms with Gasteiger partial charge in [-0.05, 0) is 77.2 Å². The highest BCUT2D eigenvalue weighted by Crippen LogP contribution is 2.65. The van der Waals surface area contributed by atoms with Crippen LogP contribution < -0.4 is 14.4 Å². The van der Waals surface area contributed by atoms with E-state index in [9.17, 15) is 14.7 Å². The van der Waals surface area contributed by atoms with Crippen molar-refractivity contribution in [1.29, 1.82) is 0 Å². The van der Waals surface area contributed by atoms with Gasteiger partial charge in [-0.2, -0.15) is 0 Å². The van der Waals surface area contributed by atoms with Crippen molar-refractivity contribution in [3.63, 3.8) is 0 Å². The van der Waals surface area contributed by atoms with Crippen LogP contribution in [0.1, 0.15) is 46.6 Å². The number of Topliss-reactive ketones (excluding diaryl/α,β-unsaturated/α-hetero) is 1. The van der Waals surface area contributed by atoms with E-state index in [0.717, 1.165) is 22.1 Å². The number of benzene rings is 6. The molecule has 8 nitrogen and oxygen atoms in total. The first-order valence-electron chi connectivity index (χ1n) is 20.9. The maximum Gasteiger partial charge on any atom is 0.238 e. The van der Waals surface area contributed by atoms with Gasteiger partial charge < -0.3 is 14.6 Å². The van der Waals surface area contributed by atoms with Crippen molar-refractivity contribution in [3.05, 3.63) is 185 Å². The molecule has 306 valence electrons.